The van der Waals surface area contributed by atoms with E-state index in [0.29, 0.717) is 25.5 Å². The zero-order valence-corrected chi connectivity index (χ0v) is 14.7. The van der Waals surface area contributed by atoms with Gasteiger partial charge in [-0.25, -0.2) is 4.39 Å². The van der Waals surface area contributed by atoms with Gasteiger partial charge >= 0.3 is 0 Å². The maximum atomic E-state index is 12.9. The fourth-order valence-corrected chi connectivity index (χ4v) is 2.89. The molecule has 0 radical (unpaired) electrons. The number of benzene rings is 1. The van der Waals surface area contributed by atoms with E-state index in [9.17, 15) is 9.18 Å². The average Bonchev–Trinajstić information content (AvgIpc) is 3.19. The summed E-state index contributed by atoms with van der Waals surface area (Å²) in [4.78, 5) is 14.6. The summed E-state index contributed by atoms with van der Waals surface area (Å²) in [5.74, 6) is 0.671. The number of nitrogens with one attached hydrogen (secondary N) is 1. The van der Waals surface area contributed by atoms with E-state index in [1.807, 2.05) is 12.1 Å². The molecule has 6 nitrogen and oxygen atoms in total. The Hall–Kier alpha value is -2.38. The minimum absolute atomic E-state index is 0.0594. The molecule has 1 fully saturated rings. The summed E-state index contributed by atoms with van der Waals surface area (Å²) in [5.41, 5.74) is 0. The van der Waals surface area contributed by atoms with Gasteiger partial charge in [0.25, 0.3) is 5.91 Å². The number of hydrogen-bond acceptors (Lipinski definition) is 5. The molecule has 1 aliphatic heterocycles. The summed E-state index contributed by atoms with van der Waals surface area (Å²) in [6, 6.07) is 9.28. The number of nitrogens with zero attached hydrogens (tertiary/aromatic N) is 1. The molecule has 2 atom stereocenters. The molecule has 1 saturated heterocycles. The van der Waals surface area contributed by atoms with Crippen LogP contribution >= 0.6 is 0 Å². The third-order valence-corrected chi connectivity index (χ3v) is 4.32. The van der Waals surface area contributed by atoms with Gasteiger partial charge in [-0.3, -0.25) is 9.69 Å². The first-order valence-corrected chi connectivity index (χ1v) is 8.68. The van der Waals surface area contributed by atoms with Crippen LogP contribution in [0.1, 0.15) is 18.7 Å². The van der Waals surface area contributed by atoms with Crippen molar-refractivity contribution in [3.8, 4) is 5.75 Å². The molecule has 0 aliphatic carbocycles. The zero-order valence-electron chi connectivity index (χ0n) is 14.7. The lowest BCUT2D eigenvalue weighted by Crippen LogP contribution is -2.45. The molecule has 0 unspecified atom stereocenters. The van der Waals surface area contributed by atoms with Crippen molar-refractivity contribution >= 4 is 5.91 Å². The summed E-state index contributed by atoms with van der Waals surface area (Å²) in [5, 5.41) is 2.92. The second-order valence-corrected chi connectivity index (χ2v) is 6.14. The lowest BCUT2D eigenvalue weighted by atomic mass is 10.1. The molecule has 1 aromatic carbocycles. The van der Waals surface area contributed by atoms with Crippen molar-refractivity contribution in [1.29, 1.82) is 0 Å². The monoisotopic (exact) mass is 362 g/mol. The van der Waals surface area contributed by atoms with E-state index in [0.717, 1.165) is 18.8 Å². The normalized spacial score (nSPS) is 17.5. The quantitative estimate of drug-likeness (QED) is 0.819. The van der Waals surface area contributed by atoms with Crippen molar-refractivity contribution in [1.82, 2.24) is 10.2 Å². The minimum Gasteiger partial charge on any atom is -0.481 e. The van der Waals surface area contributed by atoms with Crippen molar-refractivity contribution in [3.63, 3.8) is 0 Å². The van der Waals surface area contributed by atoms with E-state index in [1.54, 1.807) is 13.2 Å². The molecule has 1 aliphatic rings. The molecule has 26 heavy (non-hydrogen) atoms. The van der Waals surface area contributed by atoms with Crippen molar-refractivity contribution in [2.45, 2.75) is 19.1 Å². The minimum atomic E-state index is -0.692. The van der Waals surface area contributed by atoms with Gasteiger partial charge in [0, 0.05) is 19.6 Å². The number of hydrogen-bond donors (Lipinski definition) is 1. The van der Waals surface area contributed by atoms with Crippen LogP contribution in [-0.4, -0.2) is 49.8 Å². The second kappa shape index (κ2) is 8.82. The van der Waals surface area contributed by atoms with Crippen LogP contribution in [0.3, 0.4) is 0 Å². The maximum Gasteiger partial charge on any atom is 0.260 e. The van der Waals surface area contributed by atoms with Gasteiger partial charge in [0.05, 0.1) is 25.5 Å². The van der Waals surface area contributed by atoms with Gasteiger partial charge in [-0.05, 0) is 43.3 Å². The summed E-state index contributed by atoms with van der Waals surface area (Å²) in [6.07, 6.45) is 0.938. The van der Waals surface area contributed by atoms with Gasteiger partial charge in [0.1, 0.15) is 17.3 Å². The number of morpholine rings is 1. The molecule has 1 amide bonds. The van der Waals surface area contributed by atoms with Crippen molar-refractivity contribution in [2.75, 3.05) is 32.8 Å². The molecule has 140 valence electrons. The van der Waals surface area contributed by atoms with Crippen LogP contribution in [0.2, 0.25) is 0 Å². The highest BCUT2D eigenvalue weighted by atomic mass is 19.1. The predicted octanol–water partition coefficient (Wildman–Crippen LogP) is 2.38. The number of amides is 1. The highest BCUT2D eigenvalue weighted by molar-refractivity contribution is 5.80. The van der Waals surface area contributed by atoms with E-state index < -0.39 is 6.10 Å². The van der Waals surface area contributed by atoms with Crippen LogP contribution in [-0.2, 0) is 9.53 Å². The van der Waals surface area contributed by atoms with Gasteiger partial charge in [0.15, 0.2) is 6.10 Å². The first-order valence-electron chi connectivity index (χ1n) is 8.68. The van der Waals surface area contributed by atoms with E-state index in [2.05, 4.69) is 10.2 Å². The van der Waals surface area contributed by atoms with E-state index >= 15 is 0 Å². The van der Waals surface area contributed by atoms with Crippen LogP contribution in [0.15, 0.2) is 47.1 Å². The van der Waals surface area contributed by atoms with E-state index in [-0.39, 0.29) is 17.8 Å². The Bertz CT molecular complexity index is 684. The Morgan fingerprint density at radius 3 is 2.65 bits per heavy atom. The maximum absolute atomic E-state index is 12.9. The van der Waals surface area contributed by atoms with Gasteiger partial charge in [-0.15, -0.1) is 0 Å². The number of rotatable bonds is 7. The predicted molar refractivity (Wildman–Crippen MR) is 93.3 cm³/mol. The Labute approximate surface area is 151 Å². The summed E-state index contributed by atoms with van der Waals surface area (Å²) >= 11 is 0. The number of carbonyl (C=O) groups excluding carboxylic acids is 1. The number of halogens is 1. The van der Waals surface area contributed by atoms with Crippen molar-refractivity contribution < 1.29 is 23.1 Å². The van der Waals surface area contributed by atoms with Crippen molar-refractivity contribution in [2.24, 2.45) is 0 Å². The third-order valence-electron chi connectivity index (χ3n) is 4.32. The summed E-state index contributed by atoms with van der Waals surface area (Å²) in [7, 11) is 0. The first-order chi connectivity index (χ1) is 12.6. The molecule has 2 aromatic rings. The lowest BCUT2D eigenvalue weighted by molar-refractivity contribution is -0.127. The second-order valence-electron chi connectivity index (χ2n) is 6.14. The molecule has 0 spiro atoms. The number of ether oxygens (including phenoxy) is 2. The smallest absolute Gasteiger partial charge is 0.260 e. The van der Waals surface area contributed by atoms with Gasteiger partial charge in [0.2, 0.25) is 0 Å². The number of furan rings is 1. The van der Waals surface area contributed by atoms with Gasteiger partial charge < -0.3 is 19.2 Å². The van der Waals surface area contributed by atoms with Crippen LogP contribution in [0, 0.1) is 5.82 Å². The molecule has 1 aromatic heterocycles. The molecule has 1 N–H and O–H groups in total. The van der Waals surface area contributed by atoms with Gasteiger partial charge in [-0.2, -0.15) is 0 Å². The van der Waals surface area contributed by atoms with Crippen LogP contribution in [0.5, 0.6) is 5.75 Å². The highest BCUT2D eigenvalue weighted by Crippen LogP contribution is 2.22. The molecule has 0 saturated carbocycles. The zero-order chi connectivity index (χ0) is 18.4. The number of carbonyl (C=O) groups is 1. The summed E-state index contributed by atoms with van der Waals surface area (Å²) in [6.45, 7) is 4.95. The molecule has 2 heterocycles. The van der Waals surface area contributed by atoms with Crippen molar-refractivity contribution in [3.05, 3.63) is 54.2 Å². The SMILES string of the molecule is C[C@H](Oc1ccc(F)cc1)C(=O)NC[C@@H](c1ccco1)N1CCOCC1. The third kappa shape index (κ3) is 4.83. The van der Waals surface area contributed by atoms with Crippen LogP contribution in [0.4, 0.5) is 4.39 Å². The largest absolute Gasteiger partial charge is 0.481 e. The van der Waals surface area contributed by atoms with E-state index in [1.165, 1.54) is 24.3 Å². The topological polar surface area (TPSA) is 63.9 Å². The molecular formula is C19H23FN2O4. The first kappa shape index (κ1) is 18.4. The standard InChI is InChI=1S/C19H23FN2O4/c1-14(26-16-6-4-15(20)5-7-16)19(23)21-13-17(18-3-2-10-25-18)22-8-11-24-12-9-22/h2-7,10,14,17H,8-9,11-13H2,1H3,(H,21,23)/t14-,17-/m0/s1. The fourth-order valence-electron chi connectivity index (χ4n) is 2.89. The average molecular weight is 362 g/mol. The Morgan fingerprint density at radius 1 is 1.27 bits per heavy atom. The van der Waals surface area contributed by atoms with Crippen LogP contribution < -0.4 is 10.1 Å². The Balaban J connectivity index is 1.57. The highest BCUT2D eigenvalue weighted by Gasteiger charge is 2.26. The van der Waals surface area contributed by atoms with E-state index in [4.69, 9.17) is 13.9 Å². The molecule has 3 rings (SSSR count). The molecule has 7 heteroatoms. The Morgan fingerprint density at radius 2 is 2.00 bits per heavy atom. The van der Waals surface area contributed by atoms with Crippen LogP contribution in [0.25, 0.3) is 0 Å². The van der Waals surface area contributed by atoms with Gasteiger partial charge in [-0.1, -0.05) is 0 Å². The molecule has 0 bridgehead atoms. The summed E-state index contributed by atoms with van der Waals surface area (Å²) < 4.78 is 29.5. The fraction of sp³-hybridized carbons (Fsp3) is 0.421. The Kier molecular flexibility index (Phi) is 6.25. The molecular weight excluding hydrogens is 339 g/mol. The lowest BCUT2D eigenvalue weighted by Gasteiger charge is -2.33.